The van der Waals surface area contributed by atoms with Gasteiger partial charge in [0.25, 0.3) is 0 Å². The molecule has 0 bridgehead atoms. The van der Waals surface area contributed by atoms with Gasteiger partial charge in [0, 0.05) is 6.54 Å². The number of carbonyl (C=O) groups is 1. The number of hydrogen-bond donors (Lipinski definition) is 1. The Labute approximate surface area is 123 Å². The molecule has 0 aromatic heterocycles. The van der Waals surface area contributed by atoms with E-state index in [1.165, 1.54) is 0 Å². The first-order valence-electron chi connectivity index (χ1n) is 6.65. The highest BCUT2D eigenvalue weighted by Crippen LogP contribution is 2.11. The molecule has 0 aliphatic carbocycles. The van der Waals surface area contributed by atoms with Gasteiger partial charge in [-0.05, 0) is 52.3 Å². The lowest BCUT2D eigenvalue weighted by atomic mass is 10.1. The normalized spacial score (nSPS) is 13.3. The van der Waals surface area contributed by atoms with Crippen molar-refractivity contribution < 1.29 is 13.7 Å². The van der Waals surface area contributed by atoms with E-state index in [0.29, 0.717) is 12.1 Å². The van der Waals surface area contributed by atoms with E-state index < -0.39 is 11.0 Å². The van der Waals surface area contributed by atoms with Gasteiger partial charge in [-0.3, -0.25) is 0 Å². The zero-order chi connectivity index (χ0) is 15.3. The van der Waals surface area contributed by atoms with Gasteiger partial charge in [-0.2, -0.15) is 0 Å². The zero-order valence-corrected chi connectivity index (χ0v) is 13.5. The highest BCUT2D eigenvalue weighted by molar-refractivity contribution is 7.84. The lowest BCUT2D eigenvalue weighted by Crippen LogP contribution is -2.32. The molecule has 0 aliphatic heterocycles. The van der Waals surface area contributed by atoms with Gasteiger partial charge < -0.3 is 4.74 Å². The van der Waals surface area contributed by atoms with Crippen LogP contribution in [0.5, 0.6) is 0 Å². The molecule has 112 valence electrons. The van der Waals surface area contributed by atoms with Gasteiger partial charge in [-0.15, -0.1) is 0 Å². The molecule has 1 aromatic rings. The second-order valence-electron chi connectivity index (χ2n) is 5.85. The number of hydrogen-bond acceptors (Lipinski definition) is 3. The number of ether oxygens (including phenoxy) is 1. The highest BCUT2D eigenvalue weighted by atomic mass is 32.2. The Morgan fingerprint density at radius 1 is 1.25 bits per heavy atom. The first-order chi connectivity index (χ1) is 9.20. The Bertz CT molecular complexity index is 475. The summed E-state index contributed by atoms with van der Waals surface area (Å²) >= 11 is 0. The summed E-state index contributed by atoms with van der Waals surface area (Å²) in [6.07, 6.45) is -0.127. The van der Waals surface area contributed by atoms with Crippen molar-refractivity contribution in [1.29, 1.82) is 0 Å². The summed E-state index contributed by atoms with van der Waals surface area (Å²) in [5.41, 5.74) is 1.50. The minimum atomic E-state index is -1.10. The molecule has 0 saturated heterocycles. The van der Waals surface area contributed by atoms with Crippen molar-refractivity contribution in [3.63, 3.8) is 0 Å². The summed E-state index contributed by atoms with van der Waals surface area (Å²) in [6.45, 7) is 9.89. The molecule has 20 heavy (non-hydrogen) atoms. The van der Waals surface area contributed by atoms with Crippen LogP contribution in [-0.4, -0.2) is 21.0 Å². The van der Waals surface area contributed by atoms with Crippen LogP contribution in [0.3, 0.4) is 0 Å². The fourth-order valence-corrected chi connectivity index (χ4v) is 2.14. The number of carbonyl (C=O) groups excluding carboxylic acids is 1. The Balaban J connectivity index is 2.59. The lowest BCUT2D eigenvalue weighted by Gasteiger charge is -2.18. The minimum absolute atomic E-state index is 0.127. The maximum Gasteiger partial charge on any atom is 0.338 e. The van der Waals surface area contributed by atoms with Crippen LogP contribution >= 0.6 is 0 Å². The Kier molecular flexibility index (Phi) is 5.89. The molecule has 5 heteroatoms. The SMILES string of the molecule is CC(C)OC(=O)c1ccc(CNS(=O)C(C)(C)C)cc1. The summed E-state index contributed by atoms with van der Waals surface area (Å²) in [5.74, 6) is -0.322. The summed E-state index contributed by atoms with van der Waals surface area (Å²) in [7, 11) is -1.10. The molecule has 1 N–H and O–H groups in total. The van der Waals surface area contributed by atoms with Gasteiger partial charge in [0.15, 0.2) is 0 Å². The highest BCUT2D eigenvalue weighted by Gasteiger charge is 2.18. The molecular weight excluding hydrogens is 274 g/mol. The Morgan fingerprint density at radius 3 is 2.25 bits per heavy atom. The van der Waals surface area contributed by atoms with Crippen LogP contribution in [0.25, 0.3) is 0 Å². The smallest absolute Gasteiger partial charge is 0.338 e. The predicted molar refractivity (Wildman–Crippen MR) is 81.7 cm³/mol. The molecule has 1 aromatic carbocycles. The Morgan fingerprint density at radius 2 is 1.80 bits per heavy atom. The van der Waals surface area contributed by atoms with Crippen molar-refractivity contribution in [2.75, 3.05) is 0 Å². The minimum Gasteiger partial charge on any atom is -0.459 e. The summed E-state index contributed by atoms with van der Waals surface area (Å²) in [4.78, 5) is 11.7. The van der Waals surface area contributed by atoms with Crippen molar-refractivity contribution in [2.45, 2.75) is 52.0 Å². The van der Waals surface area contributed by atoms with Crippen LogP contribution in [0.4, 0.5) is 0 Å². The summed E-state index contributed by atoms with van der Waals surface area (Å²) in [6, 6.07) is 7.12. The van der Waals surface area contributed by atoms with E-state index in [9.17, 15) is 9.00 Å². The van der Waals surface area contributed by atoms with Crippen molar-refractivity contribution in [3.8, 4) is 0 Å². The van der Waals surface area contributed by atoms with Crippen molar-refractivity contribution in [3.05, 3.63) is 35.4 Å². The third-order valence-electron chi connectivity index (χ3n) is 2.50. The molecule has 1 rings (SSSR count). The van der Waals surface area contributed by atoms with Crippen LogP contribution in [0.2, 0.25) is 0 Å². The van der Waals surface area contributed by atoms with Gasteiger partial charge in [0.2, 0.25) is 0 Å². The van der Waals surface area contributed by atoms with Crippen LogP contribution in [-0.2, 0) is 22.3 Å². The predicted octanol–water partition coefficient (Wildman–Crippen LogP) is 2.80. The van der Waals surface area contributed by atoms with Crippen LogP contribution in [0.1, 0.15) is 50.5 Å². The molecule has 0 saturated carbocycles. The second kappa shape index (κ2) is 6.99. The Hall–Kier alpha value is -1.20. The molecule has 0 fully saturated rings. The number of rotatable bonds is 5. The van der Waals surface area contributed by atoms with Gasteiger partial charge in [-0.25, -0.2) is 13.7 Å². The van der Waals surface area contributed by atoms with Crippen LogP contribution in [0.15, 0.2) is 24.3 Å². The number of benzene rings is 1. The maximum atomic E-state index is 11.9. The lowest BCUT2D eigenvalue weighted by molar-refractivity contribution is 0.0378. The number of nitrogens with one attached hydrogen (secondary N) is 1. The van der Waals surface area contributed by atoms with Crippen LogP contribution < -0.4 is 4.72 Å². The van der Waals surface area contributed by atoms with E-state index in [0.717, 1.165) is 5.56 Å². The molecule has 4 nitrogen and oxygen atoms in total. The second-order valence-corrected chi connectivity index (χ2v) is 7.90. The molecular formula is C15H23NO3S. The van der Waals surface area contributed by atoms with Crippen molar-refractivity contribution >= 4 is 17.0 Å². The number of esters is 1. The molecule has 0 amide bonds. The van der Waals surface area contributed by atoms with Gasteiger partial charge in [0.1, 0.15) is 0 Å². The standard InChI is InChI=1S/C15H23NO3S/c1-11(2)19-14(17)13-8-6-12(7-9-13)10-16-20(18)15(3,4)5/h6-9,11,16H,10H2,1-5H3. The average molecular weight is 297 g/mol. The monoisotopic (exact) mass is 297 g/mol. The zero-order valence-electron chi connectivity index (χ0n) is 12.7. The van der Waals surface area contributed by atoms with E-state index in [4.69, 9.17) is 4.74 Å². The van der Waals surface area contributed by atoms with E-state index >= 15 is 0 Å². The third-order valence-corrected chi connectivity index (χ3v) is 4.01. The fraction of sp³-hybridized carbons (Fsp3) is 0.533. The van der Waals surface area contributed by atoms with E-state index in [-0.39, 0.29) is 16.8 Å². The molecule has 0 spiro atoms. The fourth-order valence-electron chi connectivity index (χ4n) is 1.41. The summed E-state index contributed by atoms with van der Waals surface area (Å²) < 4.78 is 19.7. The average Bonchev–Trinajstić information content (AvgIpc) is 2.34. The molecule has 1 atom stereocenters. The van der Waals surface area contributed by atoms with Crippen molar-refractivity contribution in [2.24, 2.45) is 0 Å². The first kappa shape index (κ1) is 16.9. The quantitative estimate of drug-likeness (QED) is 0.850. The largest absolute Gasteiger partial charge is 0.459 e. The van der Waals surface area contributed by atoms with Crippen LogP contribution in [0, 0.1) is 0 Å². The van der Waals surface area contributed by atoms with Gasteiger partial charge >= 0.3 is 5.97 Å². The molecule has 0 heterocycles. The molecule has 0 radical (unpaired) electrons. The topological polar surface area (TPSA) is 55.4 Å². The van der Waals surface area contributed by atoms with E-state index in [2.05, 4.69) is 4.72 Å². The summed E-state index contributed by atoms with van der Waals surface area (Å²) in [5, 5.41) is 0. The maximum absolute atomic E-state index is 11.9. The van der Waals surface area contributed by atoms with E-state index in [1.54, 1.807) is 12.1 Å². The molecule has 0 aliphatic rings. The van der Waals surface area contributed by atoms with E-state index in [1.807, 2.05) is 46.8 Å². The third kappa shape index (κ3) is 5.43. The first-order valence-corrected chi connectivity index (χ1v) is 7.80. The van der Waals surface area contributed by atoms with Crippen molar-refractivity contribution in [1.82, 2.24) is 4.72 Å². The van der Waals surface area contributed by atoms with Gasteiger partial charge in [0.05, 0.1) is 27.4 Å². The molecule has 1 unspecified atom stereocenters. The van der Waals surface area contributed by atoms with Gasteiger partial charge in [-0.1, -0.05) is 12.1 Å².